The maximum Gasteiger partial charge on any atom is 0.217 e. The second-order valence-corrected chi connectivity index (χ2v) is 10.1. The fraction of sp³-hybridized carbons (Fsp3) is 0.323. The van der Waals surface area contributed by atoms with Crippen molar-refractivity contribution in [2.75, 3.05) is 40.0 Å². The topological polar surface area (TPSA) is 59.6 Å². The summed E-state index contributed by atoms with van der Waals surface area (Å²) >= 11 is 0. The molecule has 0 atom stereocenters. The van der Waals surface area contributed by atoms with E-state index >= 15 is 0 Å². The van der Waals surface area contributed by atoms with Crippen LogP contribution in [0.5, 0.6) is 0 Å². The molecular weight excluding hydrogens is 462 g/mol. The number of imidazole rings is 1. The van der Waals surface area contributed by atoms with Crippen LogP contribution in [0.15, 0.2) is 91.0 Å². The Hall–Kier alpha value is -3.29. The molecule has 1 aliphatic heterocycles. The molecule has 1 fully saturated rings. The van der Waals surface area contributed by atoms with Crippen molar-refractivity contribution in [2.24, 2.45) is 5.41 Å². The van der Waals surface area contributed by atoms with Crippen LogP contribution in [0.25, 0.3) is 22.5 Å². The third-order valence-corrected chi connectivity index (χ3v) is 6.58. The van der Waals surface area contributed by atoms with Gasteiger partial charge in [0.1, 0.15) is 0 Å². The molecule has 3 aromatic carbocycles. The van der Waals surface area contributed by atoms with Gasteiger partial charge < -0.3 is 19.2 Å². The maximum atomic E-state index is 6.17. The molecule has 0 unspecified atom stereocenters. The lowest BCUT2D eigenvalue weighted by molar-refractivity contribution is -0.242. The van der Waals surface area contributed by atoms with Gasteiger partial charge in [-0.05, 0) is 12.6 Å². The van der Waals surface area contributed by atoms with E-state index in [1.807, 2.05) is 42.5 Å². The Bertz CT molecular complexity index is 1180. The van der Waals surface area contributed by atoms with Crippen molar-refractivity contribution in [1.29, 1.82) is 0 Å². The van der Waals surface area contributed by atoms with Crippen molar-refractivity contribution in [3.8, 4) is 22.5 Å². The molecule has 6 nitrogen and oxygen atoms in total. The largest absolute Gasteiger partial charge is 0.379 e. The Labute approximate surface area is 219 Å². The van der Waals surface area contributed by atoms with Crippen molar-refractivity contribution < 1.29 is 14.2 Å². The Morgan fingerprint density at radius 1 is 0.892 bits per heavy atom. The normalized spacial score (nSPS) is 19.8. The van der Waals surface area contributed by atoms with Crippen molar-refractivity contribution in [3.05, 3.63) is 102 Å². The van der Waals surface area contributed by atoms with Gasteiger partial charge in [-0.25, -0.2) is 4.98 Å². The molecule has 5 rings (SSSR count). The van der Waals surface area contributed by atoms with Crippen LogP contribution in [0.1, 0.15) is 24.6 Å². The summed E-state index contributed by atoms with van der Waals surface area (Å²) in [6, 6.07) is 30.9. The highest BCUT2D eigenvalue weighted by atomic mass is 16.7. The van der Waals surface area contributed by atoms with Crippen LogP contribution < -0.4 is 0 Å². The second-order valence-electron chi connectivity index (χ2n) is 10.1. The Balaban J connectivity index is 1.17. The maximum absolute atomic E-state index is 6.17. The number of hydrogen-bond donors (Lipinski definition) is 1. The molecule has 1 saturated heterocycles. The number of aromatic nitrogens is 2. The number of nitrogens with zero attached hydrogens (tertiary/aromatic N) is 2. The van der Waals surface area contributed by atoms with E-state index in [2.05, 4.69) is 72.4 Å². The van der Waals surface area contributed by atoms with E-state index < -0.39 is 6.29 Å². The minimum absolute atomic E-state index is 0.203. The number of H-pyrrole nitrogens is 1. The fourth-order valence-corrected chi connectivity index (χ4v) is 4.52. The summed E-state index contributed by atoms with van der Waals surface area (Å²) in [5, 5.41) is 0. The first-order valence-electron chi connectivity index (χ1n) is 12.8. The average molecular weight is 498 g/mol. The van der Waals surface area contributed by atoms with Gasteiger partial charge in [0.2, 0.25) is 6.29 Å². The van der Waals surface area contributed by atoms with E-state index in [1.54, 1.807) is 0 Å². The number of aromatic amines is 1. The fourth-order valence-electron chi connectivity index (χ4n) is 4.52. The van der Waals surface area contributed by atoms with Gasteiger partial charge >= 0.3 is 0 Å². The molecule has 192 valence electrons. The van der Waals surface area contributed by atoms with Crippen LogP contribution >= 0.6 is 0 Å². The van der Waals surface area contributed by atoms with Crippen LogP contribution in [0, 0.1) is 5.41 Å². The highest BCUT2D eigenvalue weighted by Gasteiger charge is 2.35. The molecule has 4 aromatic rings. The van der Waals surface area contributed by atoms with Crippen molar-refractivity contribution in [2.45, 2.75) is 19.8 Å². The van der Waals surface area contributed by atoms with E-state index in [1.165, 1.54) is 5.56 Å². The van der Waals surface area contributed by atoms with Gasteiger partial charge in [0, 0.05) is 29.6 Å². The number of likely N-dealkylation sites (N-methyl/N-ethyl adjacent to an activating group) is 1. The number of nitrogens with one attached hydrogen (secondary N) is 1. The average Bonchev–Trinajstić information content (AvgIpc) is 3.39. The summed E-state index contributed by atoms with van der Waals surface area (Å²) in [5.74, 6) is 0.684. The molecule has 0 bridgehead atoms. The molecule has 0 radical (unpaired) electrons. The standard InChI is InChI=1S/C31H35N3O3/c1-31(21-35-19-18-34(2)20-24-12-6-3-7-13-24)22-36-30(37-23-31)29-32-27(25-14-8-4-9-15-25)28(33-29)26-16-10-5-11-17-26/h3-17,30H,18-23H2,1-2H3,(H,32,33)/t30-,31+. The van der Waals surface area contributed by atoms with E-state index in [0.29, 0.717) is 32.3 Å². The van der Waals surface area contributed by atoms with Gasteiger partial charge in [-0.3, -0.25) is 4.90 Å². The minimum atomic E-state index is -0.537. The van der Waals surface area contributed by atoms with Crippen LogP contribution in [0.3, 0.4) is 0 Å². The lowest BCUT2D eigenvalue weighted by Gasteiger charge is -2.36. The number of ether oxygens (including phenoxy) is 3. The number of hydrogen-bond acceptors (Lipinski definition) is 5. The zero-order chi connectivity index (χ0) is 25.5. The zero-order valence-electron chi connectivity index (χ0n) is 21.6. The molecule has 37 heavy (non-hydrogen) atoms. The van der Waals surface area contributed by atoms with Gasteiger partial charge in [0.15, 0.2) is 5.82 Å². The predicted octanol–water partition coefficient (Wildman–Crippen LogP) is 5.94. The lowest BCUT2D eigenvalue weighted by atomic mass is 9.93. The van der Waals surface area contributed by atoms with E-state index in [0.717, 1.165) is 35.6 Å². The summed E-state index contributed by atoms with van der Waals surface area (Å²) in [7, 11) is 2.12. The van der Waals surface area contributed by atoms with Gasteiger partial charge in [-0.15, -0.1) is 0 Å². The quantitative estimate of drug-likeness (QED) is 0.275. The Kier molecular flexibility index (Phi) is 8.12. The summed E-state index contributed by atoms with van der Waals surface area (Å²) in [4.78, 5) is 10.7. The first kappa shape index (κ1) is 25.4. The molecular formula is C31H35N3O3. The summed E-state index contributed by atoms with van der Waals surface area (Å²) in [6.45, 7) is 6.26. The Morgan fingerprint density at radius 2 is 1.49 bits per heavy atom. The first-order chi connectivity index (χ1) is 18.1. The van der Waals surface area contributed by atoms with Crippen molar-refractivity contribution in [3.63, 3.8) is 0 Å². The van der Waals surface area contributed by atoms with E-state index in [4.69, 9.17) is 19.2 Å². The molecule has 1 aliphatic rings. The smallest absolute Gasteiger partial charge is 0.217 e. The highest BCUT2D eigenvalue weighted by molar-refractivity contribution is 5.78. The van der Waals surface area contributed by atoms with Gasteiger partial charge in [-0.1, -0.05) is 97.9 Å². The molecule has 1 aromatic heterocycles. The third kappa shape index (κ3) is 6.53. The zero-order valence-corrected chi connectivity index (χ0v) is 21.6. The first-order valence-corrected chi connectivity index (χ1v) is 12.8. The van der Waals surface area contributed by atoms with E-state index in [-0.39, 0.29) is 5.41 Å². The molecule has 0 amide bonds. The molecule has 0 saturated carbocycles. The van der Waals surface area contributed by atoms with Crippen LogP contribution in [0.4, 0.5) is 0 Å². The third-order valence-electron chi connectivity index (χ3n) is 6.58. The summed E-state index contributed by atoms with van der Waals surface area (Å²) in [5.41, 5.74) is 5.09. The SMILES string of the molecule is CN(CCOC[C@]1(C)CO[C@H](c2nc(-c3ccccc3)c(-c3ccccc3)[nH]2)OC1)Cc1ccccc1. The number of rotatable bonds is 10. The van der Waals surface area contributed by atoms with Crippen LogP contribution in [-0.4, -0.2) is 54.9 Å². The molecule has 0 aliphatic carbocycles. The van der Waals surface area contributed by atoms with Crippen LogP contribution in [0.2, 0.25) is 0 Å². The van der Waals surface area contributed by atoms with E-state index in [9.17, 15) is 0 Å². The van der Waals surface area contributed by atoms with Gasteiger partial charge in [-0.2, -0.15) is 0 Å². The Morgan fingerprint density at radius 3 is 2.14 bits per heavy atom. The molecule has 0 spiro atoms. The highest BCUT2D eigenvalue weighted by Crippen LogP contribution is 2.35. The van der Waals surface area contributed by atoms with Crippen LogP contribution in [-0.2, 0) is 20.8 Å². The summed E-state index contributed by atoms with van der Waals surface area (Å²) < 4.78 is 18.4. The lowest BCUT2D eigenvalue weighted by Crippen LogP contribution is -2.40. The summed E-state index contributed by atoms with van der Waals surface area (Å²) in [6.07, 6.45) is -0.537. The minimum Gasteiger partial charge on any atom is -0.379 e. The molecule has 6 heteroatoms. The second kappa shape index (κ2) is 11.8. The van der Waals surface area contributed by atoms with Crippen molar-refractivity contribution in [1.82, 2.24) is 14.9 Å². The van der Waals surface area contributed by atoms with Gasteiger partial charge in [0.05, 0.1) is 37.8 Å². The predicted molar refractivity (Wildman–Crippen MR) is 146 cm³/mol. The molecule has 2 heterocycles. The number of benzene rings is 3. The van der Waals surface area contributed by atoms with Crippen molar-refractivity contribution >= 4 is 0 Å². The molecule has 1 N–H and O–H groups in total. The monoisotopic (exact) mass is 497 g/mol. The van der Waals surface area contributed by atoms with Gasteiger partial charge in [0.25, 0.3) is 0 Å².